The van der Waals surface area contributed by atoms with Crippen molar-refractivity contribution in [3.05, 3.63) is 40.2 Å². The zero-order chi connectivity index (χ0) is 13.1. The summed E-state index contributed by atoms with van der Waals surface area (Å²) >= 11 is 0. The number of anilines is 2. The molecule has 2 rings (SSSR count). The number of nitrogens with one attached hydrogen (secondary N) is 1. The SMILES string of the molecule is Cn1nccc1CNc1cc([N+](=O)[O-])cc(N)n1. The Kier molecular flexibility index (Phi) is 3.09. The fraction of sp³-hybridized carbons (Fsp3) is 0.200. The van der Waals surface area contributed by atoms with Crippen LogP contribution < -0.4 is 11.1 Å². The first-order valence-electron chi connectivity index (χ1n) is 5.19. The standard InChI is InChI=1S/C10H12N6O2/c1-15-7(2-3-13-15)6-12-10-5-8(16(17)18)4-9(11)14-10/h2-5H,6H2,1H3,(H3,11,12,14). The van der Waals surface area contributed by atoms with Gasteiger partial charge in [-0.05, 0) is 6.07 Å². The van der Waals surface area contributed by atoms with Gasteiger partial charge in [0.15, 0.2) is 0 Å². The molecule has 0 aliphatic heterocycles. The molecule has 2 heterocycles. The van der Waals surface area contributed by atoms with Crippen LogP contribution in [0.1, 0.15) is 5.69 Å². The van der Waals surface area contributed by atoms with E-state index in [4.69, 9.17) is 5.73 Å². The fourth-order valence-electron chi connectivity index (χ4n) is 1.49. The molecule has 18 heavy (non-hydrogen) atoms. The summed E-state index contributed by atoms with van der Waals surface area (Å²) in [5.41, 5.74) is 6.35. The number of pyridine rings is 1. The molecule has 2 aromatic heterocycles. The minimum absolute atomic E-state index is 0.0880. The highest BCUT2D eigenvalue weighted by atomic mass is 16.6. The largest absolute Gasteiger partial charge is 0.383 e. The van der Waals surface area contributed by atoms with Crippen LogP contribution in [0.2, 0.25) is 0 Å². The Morgan fingerprint density at radius 1 is 1.56 bits per heavy atom. The minimum Gasteiger partial charge on any atom is -0.383 e. The quantitative estimate of drug-likeness (QED) is 0.614. The van der Waals surface area contributed by atoms with Gasteiger partial charge >= 0.3 is 0 Å². The first-order valence-corrected chi connectivity index (χ1v) is 5.19. The number of nitrogen functional groups attached to an aromatic ring is 1. The monoisotopic (exact) mass is 248 g/mol. The molecule has 8 heteroatoms. The molecule has 0 saturated carbocycles. The molecule has 8 nitrogen and oxygen atoms in total. The Balaban J connectivity index is 2.14. The number of hydrogen-bond donors (Lipinski definition) is 2. The van der Waals surface area contributed by atoms with Crippen LogP contribution in [0.15, 0.2) is 24.4 Å². The average molecular weight is 248 g/mol. The van der Waals surface area contributed by atoms with E-state index in [2.05, 4.69) is 15.4 Å². The second-order valence-electron chi connectivity index (χ2n) is 3.69. The molecule has 0 radical (unpaired) electrons. The van der Waals surface area contributed by atoms with Gasteiger partial charge in [-0.15, -0.1) is 0 Å². The molecule has 0 fully saturated rings. The van der Waals surface area contributed by atoms with Gasteiger partial charge in [0.2, 0.25) is 0 Å². The average Bonchev–Trinajstić information content (AvgIpc) is 2.71. The van der Waals surface area contributed by atoms with E-state index in [1.54, 1.807) is 10.9 Å². The van der Waals surface area contributed by atoms with Crippen molar-refractivity contribution in [3.63, 3.8) is 0 Å². The Labute approximate surface area is 103 Å². The van der Waals surface area contributed by atoms with Crippen molar-refractivity contribution in [2.24, 2.45) is 7.05 Å². The topological polar surface area (TPSA) is 112 Å². The molecule has 0 bridgehead atoms. The van der Waals surface area contributed by atoms with Crippen LogP contribution in [0.5, 0.6) is 0 Å². The van der Waals surface area contributed by atoms with E-state index in [9.17, 15) is 10.1 Å². The Morgan fingerprint density at radius 3 is 2.94 bits per heavy atom. The number of aryl methyl sites for hydroxylation is 1. The Hall–Kier alpha value is -2.64. The maximum atomic E-state index is 10.7. The van der Waals surface area contributed by atoms with Crippen LogP contribution in [-0.4, -0.2) is 19.7 Å². The maximum absolute atomic E-state index is 10.7. The zero-order valence-corrected chi connectivity index (χ0v) is 9.70. The van der Waals surface area contributed by atoms with E-state index in [1.807, 2.05) is 13.1 Å². The third-order valence-electron chi connectivity index (χ3n) is 2.41. The number of nitro groups is 1. The Bertz CT molecular complexity index is 579. The van der Waals surface area contributed by atoms with Crippen LogP contribution >= 0.6 is 0 Å². The molecule has 94 valence electrons. The highest BCUT2D eigenvalue weighted by Crippen LogP contribution is 2.19. The smallest absolute Gasteiger partial charge is 0.276 e. The van der Waals surface area contributed by atoms with Gasteiger partial charge in [0.25, 0.3) is 5.69 Å². The number of nitrogens with two attached hydrogens (primary N) is 1. The summed E-state index contributed by atoms with van der Waals surface area (Å²) in [6.45, 7) is 0.462. The van der Waals surface area contributed by atoms with Crippen molar-refractivity contribution >= 4 is 17.3 Å². The summed E-state index contributed by atoms with van der Waals surface area (Å²) in [6.07, 6.45) is 1.67. The predicted molar refractivity (Wildman–Crippen MR) is 65.8 cm³/mol. The molecule has 0 spiro atoms. The first-order chi connectivity index (χ1) is 8.56. The van der Waals surface area contributed by atoms with E-state index < -0.39 is 4.92 Å². The van der Waals surface area contributed by atoms with Gasteiger partial charge in [-0.2, -0.15) is 5.10 Å². The van der Waals surface area contributed by atoms with Crippen molar-refractivity contribution in [2.75, 3.05) is 11.1 Å². The van der Waals surface area contributed by atoms with Crippen LogP contribution in [0.3, 0.4) is 0 Å². The maximum Gasteiger partial charge on any atom is 0.276 e. The lowest BCUT2D eigenvalue weighted by atomic mass is 10.3. The van der Waals surface area contributed by atoms with Crippen molar-refractivity contribution in [3.8, 4) is 0 Å². The lowest BCUT2D eigenvalue weighted by molar-refractivity contribution is -0.384. The van der Waals surface area contributed by atoms with Gasteiger partial charge in [0, 0.05) is 13.2 Å². The number of rotatable bonds is 4. The molecule has 0 aliphatic carbocycles. The molecule has 0 saturated heterocycles. The second-order valence-corrected chi connectivity index (χ2v) is 3.69. The molecule has 3 N–H and O–H groups in total. The van der Waals surface area contributed by atoms with Crippen molar-refractivity contribution in [1.29, 1.82) is 0 Å². The van der Waals surface area contributed by atoms with Gasteiger partial charge in [-0.25, -0.2) is 4.98 Å². The lowest BCUT2D eigenvalue weighted by Crippen LogP contribution is -2.07. The van der Waals surface area contributed by atoms with Crippen molar-refractivity contribution in [2.45, 2.75) is 6.54 Å². The molecular weight excluding hydrogens is 236 g/mol. The minimum atomic E-state index is -0.507. The number of hydrogen-bond acceptors (Lipinski definition) is 6. The van der Waals surface area contributed by atoms with Gasteiger partial charge in [-0.1, -0.05) is 0 Å². The summed E-state index contributed by atoms with van der Waals surface area (Å²) in [7, 11) is 1.81. The predicted octanol–water partition coefficient (Wildman–Crippen LogP) is 0.918. The highest BCUT2D eigenvalue weighted by molar-refractivity contribution is 5.52. The molecule has 0 atom stereocenters. The summed E-state index contributed by atoms with van der Waals surface area (Å²) in [6, 6.07) is 4.40. The number of aromatic nitrogens is 3. The molecule has 2 aromatic rings. The molecule has 0 aromatic carbocycles. The van der Waals surface area contributed by atoms with E-state index >= 15 is 0 Å². The van der Waals surface area contributed by atoms with Crippen molar-refractivity contribution in [1.82, 2.24) is 14.8 Å². The third-order valence-corrected chi connectivity index (χ3v) is 2.41. The van der Waals surface area contributed by atoms with E-state index in [1.165, 1.54) is 12.1 Å². The van der Waals surface area contributed by atoms with Gasteiger partial charge in [0.05, 0.1) is 29.3 Å². The van der Waals surface area contributed by atoms with Gasteiger partial charge < -0.3 is 11.1 Å². The van der Waals surface area contributed by atoms with Crippen LogP contribution in [0.25, 0.3) is 0 Å². The zero-order valence-electron chi connectivity index (χ0n) is 9.70. The first kappa shape index (κ1) is 11.8. The van der Waals surface area contributed by atoms with Crippen molar-refractivity contribution < 1.29 is 4.92 Å². The lowest BCUT2D eigenvalue weighted by Gasteiger charge is -2.06. The van der Waals surface area contributed by atoms with Gasteiger partial charge in [-0.3, -0.25) is 14.8 Å². The summed E-state index contributed by atoms with van der Waals surface area (Å²) < 4.78 is 1.70. The van der Waals surface area contributed by atoms with Crippen LogP contribution in [0.4, 0.5) is 17.3 Å². The fourth-order valence-corrected chi connectivity index (χ4v) is 1.49. The number of nitrogens with zero attached hydrogens (tertiary/aromatic N) is 4. The summed E-state index contributed by atoms with van der Waals surface area (Å²) in [5.74, 6) is 0.472. The van der Waals surface area contributed by atoms with Gasteiger partial charge in [0.1, 0.15) is 11.6 Å². The molecule has 0 unspecified atom stereocenters. The summed E-state index contributed by atoms with van der Waals surface area (Å²) in [4.78, 5) is 14.1. The van der Waals surface area contributed by atoms with E-state index in [0.29, 0.717) is 12.4 Å². The molecule has 0 amide bonds. The molecular formula is C10H12N6O2. The highest BCUT2D eigenvalue weighted by Gasteiger charge is 2.09. The van der Waals surface area contributed by atoms with E-state index in [-0.39, 0.29) is 11.5 Å². The normalized spacial score (nSPS) is 10.3. The Morgan fingerprint density at radius 2 is 2.33 bits per heavy atom. The van der Waals surface area contributed by atoms with Crippen LogP contribution in [0, 0.1) is 10.1 Å². The van der Waals surface area contributed by atoms with E-state index in [0.717, 1.165) is 5.69 Å². The second kappa shape index (κ2) is 4.70. The third kappa shape index (κ3) is 2.54. The molecule has 0 aliphatic rings. The van der Waals surface area contributed by atoms with Crippen LogP contribution in [-0.2, 0) is 13.6 Å². The summed E-state index contributed by atoms with van der Waals surface area (Å²) in [5, 5.41) is 17.7.